The van der Waals surface area contributed by atoms with Gasteiger partial charge in [-0.15, -0.1) is 0 Å². The second kappa shape index (κ2) is 9.47. The molecule has 1 unspecified atom stereocenters. The summed E-state index contributed by atoms with van der Waals surface area (Å²) in [5.41, 5.74) is 0. The molecule has 0 aliphatic heterocycles. The molecule has 0 fully saturated rings. The quantitative estimate of drug-likeness (QED) is 0.580. The molecule has 0 aromatic heterocycles. The lowest BCUT2D eigenvalue weighted by Crippen LogP contribution is -2.25. The molecule has 1 N–H and O–H groups in total. The van der Waals surface area contributed by atoms with Crippen LogP contribution in [0.3, 0.4) is 0 Å². The van der Waals surface area contributed by atoms with Crippen LogP contribution in [0.2, 0.25) is 0 Å². The molecule has 0 amide bonds. The van der Waals surface area contributed by atoms with Crippen molar-refractivity contribution in [3.8, 4) is 0 Å². The lowest BCUT2D eigenvalue weighted by Gasteiger charge is -2.15. The standard InChI is InChI=1S/C12H27NO/c1-4-5-6-7-8-9-10-12(14)11-13(2)3/h12,14H,4-11H2,1-3H3. The minimum atomic E-state index is -0.129. The molecule has 14 heavy (non-hydrogen) atoms. The molecule has 0 radical (unpaired) electrons. The van der Waals surface area contributed by atoms with Crippen LogP contribution in [0, 0.1) is 0 Å². The topological polar surface area (TPSA) is 23.5 Å². The number of hydrogen-bond acceptors (Lipinski definition) is 2. The SMILES string of the molecule is CCCCCCCCC(O)CN(C)C. The average molecular weight is 201 g/mol. The first-order valence-electron chi connectivity index (χ1n) is 5.99. The Bertz CT molecular complexity index is 115. The van der Waals surface area contributed by atoms with Gasteiger partial charge in [-0.1, -0.05) is 45.4 Å². The number of unbranched alkanes of at least 4 members (excludes halogenated alkanes) is 5. The summed E-state index contributed by atoms with van der Waals surface area (Å²) in [6.45, 7) is 3.04. The van der Waals surface area contributed by atoms with E-state index in [1.807, 2.05) is 19.0 Å². The van der Waals surface area contributed by atoms with E-state index < -0.39 is 0 Å². The zero-order valence-corrected chi connectivity index (χ0v) is 10.1. The van der Waals surface area contributed by atoms with Gasteiger partial charge in [-0.05, 0) is 20.5 Å². The molecule has 0 saturated carbocycles. The smallest absolute Gasteiger partial charge is 0.0666 e. The van der Waals surface area contributed by atoms with Crippen LogP contribution in [0.5, 0.6) is 0 Å². The number of hydrogen-bond donors (Lipinski definition) is 1. The first-order chi connectivity index (χ1) is 6.66. The largest absolute Gasteiger partial charge is 0.392 e. The van der Waals surface area contributed by atoms with Crippen molar-refractivity contribution >= 4 is 0 Å². The minimum Gasteiger partial charge on any atom is -0.392 e. The molecule has 0 saturated heterocycles. The Labute approximate surface area is 89.3 Å². The molecule has 0 aliphatic rings. The fourth-order valence-electron chi connectivity index (χ4n) is 1.67. The van der Waals surface area contributed by atoms with Gasteiger partial charge in [-0.2, -0.15) is 0 Å². The van der Waals surface area contributed by atoms with E-state index in [0.717, 1.165) is 13.0 Å². The lowest BCUT2D eigenvalue weighted by molar-refractivity contribution is 0.125. The second-order valence-corrected chi connectivity index (χ2v) is 4.47. The molecular formula is C12H27NO. The molecule has 0 heterocycles. The molecule has 2 heteroatoms. The van der Waals surface area contributed by atoms with E-state index in [9.17, 15) is 5.11 Å². The van der Waals surface area contributed by atoms with Crippen LogP contribution in [0.4, 0.5) is 0 Å². The van der Waals surface area contributed by atoms with Gasteiger partial charge in [0, 0.05) is 6.54 Å². The Morgan fingerprint density at radius 2 is 1.57 bits per heavy atom. The van der Waals surface area contributed by atoms with Gasteiger partial charge in [0.05, 0.1) is 6.10 Å². The van der Waals surface area contributed by atoms with Crippen LogP contribution in [0.25, 0.3) is 0 Å². The fourth-order valence-corrected chi connectivity index (χ4v) is 1.67. The first kappa shape index (κ1) is 13.9. The van der Waals surface area contributed by atoms with Crippen molar-refractivity contribution in [2.24, 2.45) is 0 Å². The fraction of sp³-hybridized carbons (Fsp3) is 1.00. The number of aliphatic hydroxyl groups is 1. The minimum absolute atomic E-state index is 0.129. The van der Waals surface area contributed by atoms with Gasteiger partial charge in [-0.3, -0.25) is 0 Å². The molecule has 0 aliphatic carbocycles. The predicted octanol–water partition coefficient (Wildman–Crippen LogP) is 2.66. The van der Waals surface area contributed by atoms with Crippen LogP contribution in [-0.4, -0.2) is 36.8 Å². The summed E-state index contributed by atoms with van der Waals surface area (Å²) in [7, 11) is 4.01. The van der Waals surface area contributed by atoms with Crippen LogP contribution in [0.15, 0.2) is 0 Å². The van der Waals surface area contributed by atoms with Crippen molar-refractivity contribution in [3.63, 3.8) is 0 Å². The lowest BCUT2D eigenvalue weighted by atomic mass is 10.1. The Kier molecular flexibility index (Phi) is 9.42. The van der Waals surface area contributed by atoms with Crippen molar-refractivity contribution in [3.05, 3.63) is 0 Å². The Hall–Kier alpha value is -0.0800. The highest BCUT2D eigenvalue weighted by Gasteiger charge is 2.04. The van der Waals surface area contributed by atoms with E-state index >= 15 is 0 Å². The van der Waals surface area contributed by atoms with Crippen LogP contribution in [-0.2, 0) is 0 Å². The number of aliphatic hydroxyl groups excluding tert-OH is 1. The highest BCUT2D eigenvalue weighted by molar-refractivity contribution is 4.58. The Morgan fingerprint density at radius 1 is 1.00 bits per heavy atom. The molecule has 0 rings (SSSR count). The number of likely N-dealkylation sites (N-methyl/N-ethyl adjacent to an activating group) is 1. The third-order valence-electron chi connectivity index (χ3n) is 2.47. The summed E-state index contributed by atoms with van der Waals surface area (Å²) in [6, 6.07) is 0. The molecule has 0 spiro atoms. The number of nitrogens with zero attached hydrogens (tertiary/aromatic N) is 1. The van der Waals surface area contributed by atoms with E-state index in [2.05, 4.69) is 6.92 Å². The zero-order chi connectivity index (χ0) is 10.8. The van der Waals surface area contributed by atoms with E-state index in [4.69, 9.17) is 0 Å². The van der Waals surface area contributed by atoms with Gasteiger partial charge >= 0.3 is 0 Å². The van der Waals surface area contributed by atoms with Gasteiger partial charge in [-0.25, -0.2) is 0 Å². The van der Waals surface area contributed by atoms with Crippen molar-refractivity contribution in [1.29, 1.82) is 0 Å². The van der Waals surface area contributed by atoms with Crippen LogP contribution < -0.4 is 0 Å². The summed E-state index contributed by atoms with van der Waals surface area (Å²) in [4.78, 5) is 2.04. The van der Waals surface area contributed by atoms with Gasteiger partial charge in [0.15, 0.2) is 0 Å². The van der Waals surface area contributed by atoms with Crippen molar-refractivity contribution < 1.29 is 5.11 Å². The maximum atomic E-state index is 9.58. The Morgan fingerprint density at radius 3 is 2.14 bits per heavy atom. The van der Waals surface area contributed by atoms with Gasteiger partial charge in [0.25, 0.3) is 0 Å². The van der Waals surface area contributed by atoms with E-state index in [1.165, 1.54) is 38.5 Å². The molecule has 0 bridgehead atoms. The first-order valence-corrected chi connectivity index (χ1v) is 5.99. The van der Waals surface area contributed by atoms with Crippen LogP contribution >= 0.6 is 0 Å². The third kappa shape index (κ3) is 10.0. The monoisotopic (exact) mass is 201 g/mol. The number of rotatable bonds is 9. The van der Waals surface area contributed by atoms with Crippen LogP contribution in [0.1, 0.15) is 51.9 Å². The molecule has 0 aromatic rings. The molecule has 1 atom stereocenters. The van der Waals surface area contributed by atoms with Gasteiger partial charge in [0.2, 0.25) is 0 Å². The van der Waals surface area contributed by atoms with Gasteiger partial charge < -0.3 is 10.0 Å². The van der Waals surface area contributed by atoms with E-state index in [0.29, 0.717) is 0 Å². The van der Waals surface area contributed by atoms with E-state index in [-0.39, 0.29) is 6.10 Å². The summed E-state index contributed by atoms with van der Waals surface area (Å²) in [6.07, 6.45) is 8.66. The van der Waals surface area contributed by atoms with Gasteiger partial charge in [0.1, 0.15) is 0 Å². The van der Waals surface area contributed by atoms with E-state index in [1.54, 1.807) is 0 Å². The molecule has 86 valence electrons. The second-order valence-electron chi connectivity index (χ2n) is 4.47. The summed E-state index contributed by atoms with van der Waals surface area (Å²) >= 11 is 0. The maximum absolute atomic E-state index is 9.58. The maximum Gasteiger partial charge on any atom is 0.0666 e. The molecule has 2 nitrogen and oxygen atoms in total. The van der Waals surface area contributed by atoms with Crippen molar-refractivity contribution in [2.75, 3.05) is 20.6 Å². The van der Waals surface area contributed by atoms with Crippen molar-refractivity contribution in [2.45, 2.75) is 58.0 Å². The van der Waals surface area contributed by atoms with Crippen molar-refractivity contribution in [1.82, 2.24) is 4.90 Å². The average Bonchev–Trinajstić information content (AvgIpc) is 2.10. The third-order valence-corrected chi connectivity index (χ3v) is 2.47. The summed E-state index contributed by atoms with van der Waals surface area (Å²) in [5.74, 6) is 0. The molecular weight excluding hydrogens is 174 g/mol. The highest BCUT2D eigenvalue weighted by atomic mass is 16.3. The zero-order valence-electron chi connectivity index (χ0n) is 10.1. The predicted molar refractivity (Wildman–Crippen MR) is 62.6 cm³/mol. The summed E-state index contributed by atoms with van der Waals surface area (Å²) < 4.78 is 0. The molecule has 0 aromatic carbocycles. The Balaban J connectivity index is 3.10. The summed E-state index contributed by atoms with van der Waals surface area (Å²) in [5, 5.41) is 9.58. The highest BCUT2D eigenvalue weighted by Crippen LogP contribution is 2.08. The normalized spacial score (nSPS) is 13.5.